The smallest absolute Gasteiger partial charge is 0.191 e. The van der Waals surface area contributed by atoms with Crippen molar-refractivity contribution in [3.63, 3.8) is 0 Å². The molecule has 142 valence electrons. The lowest BCUT2D eigenvalue weighted by Crippen LogP contribution is -2.39. The number of guanidine groups is 1. The molecule has 0 aliphatic carbocycles. The lowest BCUT2D eigenvalue weighted by molar-refractivity contribution is 0.0698. The number of benzene rings is 1. The number of ether oxygens (including phenoxy) is 2. The Kier molecular flexibility index (Phi) is 10.9. The van der Waals surface area contributed by atoms with Gasteiger partial charge in [-0.15, -0.1) is 0 Å². The van der Waals surface area contributed by atoms with E-state index in [0.717, 1.165) is 32.0 Å². The third-order valence-corrected chi connectivity index (χ3v) is 3.89. The van der Waals surface area contributed by atoms with Crippen molar-refractivity contribution in [3.05, 3.63) is 35.4 Å². The van der Waals surface area contributed by atoms with Crippen molar-refractivity contribution in [2.24, 2.45) is 10.9 Å². The first-order chi connectivity index (χ1) is 12.1. The number of hydrogen-bond donors (Lipinski definition) is 2. The highest BCUT2D eigenvalue weighted by Crippen LogP contribution is 2.15. The summed E-state index contributed by atoms with van der Waals surface area (Å²) in [6.07, 6.45) is 2.06. The molecule has 2 N–H and O–H groups in total. The molecule has 0 amide bonds. The maximum absolute atomic E-state index is 5.45. The number of aliphatic imine (C=N–C) groups is 1. The average Bonchev–Trinajstić information content (AvgIpc) is 2.59. The minimum atomic E-state index is 0.206. The molecule has 25 heavy (non-hydrogen) atoms. The molecular formula is C20H35N3O2. The highest BCUT2D eigenvalue weighted by molar-refractivity contribution is 5.80. The Labute approximate surface area is 153 Å². The predicted octanol–water partition coefficient (Wildman–Crippen LogP) is 3.16. The molecule has 0 heterocycles. The fraction of sp³-hybridized carbons (Fsp3) is 0.650. The van der Waals surface area contributed by atoms with Gasteiger partial charge in [0, 0.05) is 27.3 Å². The zero-order valence-corrected chi connectivity index (χ0v) is 16.5. The highest BCUT2D eigenvalue weighted by atomic mass is 16.5. The van der Waals surface area contributed by atoms with Crippen LogP contribution in [0.4, 0.5) is 0 Å². The normalized spacial score (nSPS) is 13.1. The Morgan fingerprint density at radius 3 is 2.40 bits per heavy atom. The number of nitrogens with one attached hydrogen (secondary N) is 2. The van der Waals surface area contributed by atoms with E-state index >= 15 is 0 Å². The van der Waals surface area contributed by atoms with Crippen molar-refractivity contribution in [3.8, 4) is 0 Å². The monoisotopic (exact) mass is 349 g/mol. The molecule has 5 heteroatoms. The number of methoxy groups -OCH3 is 1. The van der Waals surface area contributed by atoms with E-state index < -0.39 is 0 Å². The molecule has 0 saturated heterocycles. The Bertz CT molecular complexity index is 486. The van der Waals surface area contributed by atoms with Crippen LogP contribution in [0.3, 0.4) is 0 Å². The molecule has 0 fully saturated rings. The summed E-state index contributed by atoms with van der Waals surface area (Å²) in [5.74, 6) is 1.50. The van der Waals surface area contributed by atoms with Gasteiger partial charge < -0.3 is 20.1 Å². The zero-order chi connectivity index (χ0) is 18.5. The van der Waals surface area contributed by atoms with Crippen LogP contribution in [-0.2, 0) is 15.9 Å². The Balaban J connectivity index is 2.34. The summed E-state index contributed by atoms with van der Waals surface area (Å²) in [6, 6.07) is 9.05. The van der Waals surface area contributed by atoms with E-state index in [1.54, 1.807) is 14.2 Å². The summed E-state index contributed by atoms with van der Waals surface area (Å²) in [7, 11) is 3.47. The van der Waals surface area contributed by atoms with Crippen molar-refractivity contribution < 1.29 is 9.47 Å². The van der Waals surface area contributed by atoms with Crippen LogP contribution in [0.5, 0.6) is 0 Å². The molecule has 1 atom stereocenters. The largest absolute Gasteiger partial charge is 0.382 e. The molecular weight excluding hydrogens is 314 g/mol. The Morgan fingerprint density at radius 1 is 1.08 bits per heavy atom. The van der Waals surface area contributed by atoms with Gasteiger partial charge in [-0.3, -0.25) is 4.99 Å². The lowest BCUT2D eigenvalue weighted by Gasteiger charge is -2.19. The molecule has 0 spiro atoms. The third kappa shape index (κ3) is 9.46. The standard InChI is InChI=1S/C20H35N3O2/c1-16(2)15-18-7-9-19(10-8-18)17(3)23-20(21-4)22-11-6-12-25-14-13-24-5/h7-10,16-17H,6,11-15H2,1-5H3,(H2,21,22,23). The SMILES string of the molecule is CN=C(NCCCOCCOC)NC(C)c1ccc(CC(C)C)cc1. The second-order valence-corrected chi connectivity index (χ2v) is 6.66. The van der Waals surface area contributed by atoms with Crippen molar-refractivity contribution in [1.82, 2.24) is 10.6 Å². The molecule has 0 aromatic heterocycles. The lowest BCUT2D eigenvalue weighted by atomic mass is 10.00. The van der Waals surface area contributed by atoms with Crippen LogP contribution in [-0.4, -0.2) is 46.5 Å². The summed E-state index contributed by atoms with van der Waals surface area (Å²) < 4.78 is 10.4. The van der Waals surface area contributed by atoms with Crippen LogP contribution < -0.4 is 10.6 Å². The van der Waals surface area contributed by atoms with E-state index in [1.807, 2.05) is 0 Å². The van der Waals surface area contributed by atoms with E-state index in [2.05, 4.69) is 60.7 Å². The first kappa shape index (κ1) is 21.5. The van der Waals surface area contributed by atoms with Crippen LogP contribution in [0.1, 0.15) is 44.4 Å². The number of nitrogens with zero attached hydrogens (tertiary/aromatic N) is 1. The van der Waals surface area contributed by atoms with Gasteiger partial charge in [-0.05, 0) is 36.8 Å². The molecule has 0 radical (unpaired) electrons. The first-order valence-corrected chi connectivity index (χ1v) is 9.19. The summed E-state index contributed by atoms with van der Waals surface area (Å²) in [6.45, 7) is 9.48. The molecule has 5 nitrogen and oxygen atoms in total. The second-order valence-electron chi connectivity index (χ2n) is 6.66. The number of rotatable bonds is 11. The summed E-state index contributed by atoms with van der Waals surface area (Å²) in [5, 5.41) is 6.76. The van der Waals surface area contributed by atoms with Crippen molar-refractivity contribution in [2.75, 3.05) is 40.5 Å². The first-order valence-electron chi connectivity index (χ1n) is 9.19. The average molecular weight is 350 g/mol. The van der Waals surface area contributed by atoms with E-state index in [4.69, 9.17) is 9.47 Å². The van der Waals surface area contributed by atoms with E-state index in [-0.39, 0.29) is 6.04 Å². The summed E-state index contributed by atoms with van der Waals surface area (Å²) in [5.41, 5.74) is 2.65. The van der Waals surface area contributed by atoms with Gasteiger partial charge in [0.25, 0.3) is 0 Å². The third-order valence-electron chi connectivity index (χ3n) is 3.89. The molecule has 0 aliphatic heterocycles. The molecule has 1 aromatic carbocycles. The van der Waals surface area contributed by atoms with Crippen LogP contribution in [0.2, 0.25) is 0 Å². The maximum Gasteiger partial charge on any atom is 0.191 e. The quantitative estimate of drug-likeness (QED) is 0.366. The van der Waals surface area contributed by atoms with Crippen molar-refractivity contribution in [1.29, 1.82) is 0 Å². The van der Waals surface area contributed by atoms with Gasteiger partial charge in [0.05, 0.1) is 19.3 Å². The van der Waals surface area contributed by atoms with Crippen LogP contribution in [0, 0.1) is 5.92 Å². The van der Waals surface area contributed by atoms with E-state index in [1.165, 1.54) is 11.1 Å². The molecule has 0 bridgehead atoms. The molecule has 0 aliphatic rings. The van der Waals surface area contributed by atoms with Gasteiger partial charge in [-0.2, -0.15) is 0 Å². The minimum Gasteiger partial charge on any atom is -0.382 e. The fourth-order valence-electron chi connectivity index (χ4n) is 2.52. The second kappa shape index (κ2) is 12.7. The van der Waals surface area contributed by atoms with Gasteiger partial charge in [-0.25, -0.2) is 0 Å². The summed E-state index contributed by atoms with van der Waals surface area (Å²) in [4.78, 5) is 4.29. The summed E-state index contributed by atoms with van der Waals surface area (Å²) >= 11 is 0. The highest BCUT2D eigenvalue weighted by Gasteiger charge is 2.08. The Morgan fingerprint density at radius 2 is 1.80 bits per heavy atom. The maximum atomic E-state index is 5.45. The minimum absolute atomic E-state index is 0.206. The number of hydrogen-bond acceptors (Lipinski definition) is 3. The van der Waals surface area contributed by atoms with Gasteiger partial charge in [0.1, 0.15) is 0 Å². The Hall–Kier alpha value is -1.59. The van der Waals surface area contributed by atoms with Gasteiger partial charge in [-0.1, -0.05) is 38.1 Å². The van der Waals surface area contributed by atoms with Gasteiger partial charge in [0.2, 0.25) is 0 Å². The van der Waals surface area contributed by atoms with Crippen LogP contribution >= 0.6 is 0 Å². The topological polar surface area (TPSA) is 54.9 Å². The molecule has 0 saturated carbocycles. The molecule has 1 aromatic rings. The fourth-order valence-corrected chi connectivity index (χ4v) is 2.52. The van der Waals surface area contributed by atoms with Gasteiger partial charge in [0.15, 0.2) is 5.96 Å². The predicted molar refractivity (Wildman–Crippen MR) is 105 cm³/mol. The molecule has 1 unspecified atom stereocenters. The zero-order valence-electron chi connectivity index (χ0n) is 16.5. The van der Waals surface area contributed by atoms with Crippen LogP contribution in [0.25, 0.3) is 0 Å². The van der Waals surface area contributed by atoms with E-state index in [0.29, 0.717) is 19.1 Å². The van der Waals surface area contributed by atoms with Crippen molar-refractivity contribution >= 4 is 5.96 Å². The molecule has 1 rings (SSSR count). The van der Waals surface area contributed by atoms with Crippen LogP contribution in [0.15, 0.2) is 29.3 Å². The van der Waals surface area contributed by atoms with E-state index in [9.17, 15) is 0 Å². The van der Waals surface area contributed by atoms with Gasteiger partial charge >= 0.3 is 0 Å². The van der Waals surface area contributed by atoms with Crippen molar-refractivity contribution in [2.45, 2.75) is 39.7 Å².